The highest BCUT2D eigenvalue weighted by atomic mass is 19.3. The zero-order valence-electron chi connectivity index (χ0n) is 13.4. The average molecular weight is 313 g/mol. The highest BCUT2D eigenvalue weighted by molar-refractivity contribution is 5.79. The molecule has 124 valence electrons. The van der Waals surface area contributed by atoms with Crippen LogP contribution in [0.15, 0.2) is 29.3 Å². The summed E-state index contributed by atoms with van der Waals surface area (Å²) in [5.74, 6) is 1.45. The molecule has 22 heavy (non-hydrogen) atoms. The minimum atomic E-state index is -2.83. The maximum Gasteiger partial charge on any atom is 0.387 e. The predicted molar refractivity (Wildman–Crippen MR) is 85.3 cm³/mol. The van der Waals surface area contributed by atoms with Gasteiger partial charge in [0, 0.05) is 18.7 Å². The third kappa shape index (κ3) is 7.24. The largest absolute Gasteiger partial charge is 0.434 e. The van der Waals surface area contributed by atoms with E-state index in [1.807, 2.05) is 6.92 Å². The zero-order valence-corrected chi connectivity index (χ0v) is 13.4. The van der Waals surface area contributed by atoms with Gasteiger partial charge in [0.05, 0.1) is 6.54 Å². The monoisotopic (exact) mass is 313 g/mol. The van der Waals surface area contributed by atoms with Crippen LogP contribution in [-0.4, -0.2) is 25.7 Å². The Morgan fingerprint density at radius 2 is 1.95 bits per heavy atom. The first-order valence-electron chi connectivity index (χ1n) is 7.57. The lowest BCUT2D eigenvalue weighted by Crippen LogP contribution is -2.38. The van der Waals surface area contributed by atoms with Crippen LogP contribution in [0.3, 0.4) is 0 Å². The molecule has 0 aliphatic heterocycles. The quantitative estimate of drug-likeness (QED) is 0.571. The molecule has 0 heterocycles. The molecule has 0 unspecified atom stereocenters. The number of halogens is 2. The molecule has 0 bridgehead atoms. The fourth-order valence-electron chi connectivity index (χ4n) is 1.83. The number of alkyl halides is 2. The van der Waals surface area contributed by atoms with E-state index in [4.69, 9.17) is 0 Å². The molecule has 1 rings (SSSR count). The number of hydrogen-bond acceptors (Lipinski definition) is 2. The minimum Gasteiger partial charge on any atom is -0.434 e. The van der Waals surface area contributed by atoms with Crippen molar-refractivity contribution >= 4 is 5.96 Å². The van der Waals surface area contributed by atoms with Crippen LogP contribution < -0.4 is 15.4 Å². The molecule has 2 N–H and O–H groups in total. The molecular weight excluding hydrogens is 288 g/mol. The smallest absolute Gasteiger partial charge is 0.387 e. The summed E-state index contributed by atoms with van der Waals surface area (Å²) >= 11 is 0. The SMILES string of the molecule is CCNC(=NCc1ccccc1OC(F)F)NCCC(C)C. The predicted octanol–water partition coefficient (Wildman–Crippen LogP) is 3.39. The van der Waals surface area contributed by atoms with E-state index in [0.717, 1.165) is 19.5 Å². The third-order valence-electron chi connectivity index (χ3n) is 2.95. The summed E-state index contributed by atoms with van der Waals surface area (Å²) in [6, 6.07) is 6.70. The molecule has 6 heteroatoms. The molecule has 0 spiro atoms. The molecule has 1 aromatic rings. The molecule has 0 amide bonds. The number of nitrogens with zero attached hydrogens (tertiary/aromatic N) is 1. The van der Waals surface area contributed by atoms with E-state index in [2.05, 4.69) is 34.2 Å². The summed E-state index contributed by atoms with van der Waals surface area (Å²) < 4.78 is 29.3. The lowest BCUT2D eigenvalue weighted by Gasteiger charge is -2.13. The molecule has 1 aromatic carbocycles. The molecule has 0 saturated carbocycles. The Kier molecular flexibility index (Phi) is 8.25. The Hall–Kier alpha value is -1.85. The van der Waals surface area contributed by atoms with Crippen molar-refractivity contribution < 1.29 is 13.5 Å². The van der Waals surface area contributed by atoms with Gasteiger partial charge in [-0.05, 0) is 25.3 Å². The maximum absolute atomic E-state index is 12.4. The number of hydrogen-bond donors (Lipinski definition) is 2. The molecule has 0 atom stereocenters. The summed E-state index contributed by atoms with van der Waals surface area (Å²) in [5, 5.41) is 6.37. The van der Waals surface area contributed by atoms with Crippen molar-refractivity contribution in [3.8, 4) is 5.75 Å². The number of rotatable bonds is 8. The van der Waals surface area contributed by atoms with Gasteiger partial charge in [-0.1, -0.05) is 32.0 Å². The second kappa shape index (κ2) is 9.97. The van der Waals surface area contributed by atoms with Crippen molar-refractivity contribution in [2.45, 2.75) is 40.3 Å². The second-order valence-corrected chi connectivity index (χ2v) is 5.29. The highest BCUT2D eigenvalue weighted by Gasteiger charge is 2.08. The van der Waals surface area contributed by atoms with Crippen molar-refractivity contribution in [2.24, 2.45) is 10.9 Å². The Labute approximate surface area is 131 Å². The van der Waals surface area contributed by atoms with Crippen LogP contribution in [0.1, 0.15) is 32.8 Å². The second-order valence-electron chi connectivity index (χ2n) is 5.29. The van der Waals surface area contributed by atoms with Gasteiger partial charge in [-0.25, -0.2) is 4.99 Å². The fourth-order valence-corrected chi connectivity index (χ4v) is 1.83. The number of benzene rings is 1. The fraction of sp³-hybridized carbons (Fsp3) is 0.562. The molecule has 4 nitrogen and oxygen atoms in total. The van der Waals surface area contributed by atoms with Crippen LogP contribution in [0.25, 0.3) is 0 Å². The highest BCUT2D eigenvalue weighted by Crippen LogP contribution is 2.20. The Balaban J connectivity index is 2.68. The number of aliphatic imine (C=N–C) groups is 1. The van der Waals surface area contributed by atoms with E-state index in [1.165, 1.54) is 6.07 Å². The molecule has 0 saturated heterocycles. The van der Waals surface area contributed by atoms with Crippen molar-refractivity contribution in [3.05, 3.63) is 29.8 Å². The van der Waals surface area contributed by atoms with Crippen molar-refractivity contribution in [3.63, 3.8) is 0 Å². The van der Waals surface area contributed by atoms with Crippen LogP contribution in [0.5, 0.6) is 5.75 Å². The zero-order chi connectivity index (χ0) is 16.4. The summed E-state index contributed by atoms with van der Waals surface area (Å²) in [4.78, 5) is 4.42. The van der Waals surface area contributed by atoms with Gasteiger partial charge in [-0.15, -0.1) is 0 Å². The summed E-state index contributed by atoms with van der Waals surface area (Å²) in [7, 11) is 0. The minimum absolute atomic E-state index is 0.166. The van der Waals surface area contributed by atoms with E-state index in [9.17, 15) is 8.78 Å². The number of guanidine groups is 1. The van der Waals surface area contributed by atoms with E-state index < -0.39 is 6.61 Å². The molecule has 0 aliphatic carbocycles. The van der Waals surface area contributed by atoms with Gasteiger partial charge in [0.2, 0.25) is 0 Å². The summed E-state index contributed by atoms with van der Waals surface area (Å²) in [6.45, 7) is 5.30. The Bertz CT molecular complexity index is 464. The van der Waals surface area contributed by atoms with E-state index in [-0.39, 0.29) is 12.3 Å². The van der Waals surface area contributed by atoms with Gasteiger partial charge in [0.1, 0.15) is 5.75 Å². The summed E-state index contributed by atoms with van der Waals surface area (Å²) in [5.41, 5.74) is 0.629. The lowest BCUT2D eigenvalue weighted by atomic mass is 10.1. The van der Waals surface area contributed by atoms with Crippen molar-refractivity contribution in [2.75, 3.05) is 13.1 Å². The van der Waals surface area contributed by atoms with Crippen LogP contribution in [0.4, 0.5) is 8.78 Å². The van der Waals surface area contributed by atoms with Crippen LogP contribution in [-0.2, 0) is 6.54 Å². The van der Waals surface area contributed by atoms with Crippen LogP contribution in [0, 0.1) is 5.92 Å². The molecule has 0 fully saturated rings. The lowest BCUT2D eigenvalue weighted by molar-refractivity contribution is -0.0504. The Morgan fingerprint density at radius 3 is 2.59 bits per heavy atom. The Morgan fingerprint density at radius 1 is 1.23 bits per heavy atom. The first-order chi connectivity index (χ1) is 10.5. The molecule has 0 aromatic heterocycles. The van der Waals surface area contributed by atoms with Crippen molar-refractivity contribution in [1.82, 2.24) is 10.6 Å². The van der Waals surface area contributed by atoms with E-state index in [0.29, 0.717) is 17.4 Å². The van der Waals surface area contributed by atoms with Gasteiger partial charge in [-0.2, -0.15) is 8.78 Å². The topological polar surface area (TPSA) is 45.7 Å². The summed E-state index contributed by atoms with van der Waals surface area (Å²) in [6.07, 6.45) is 1.04. The van der Waals surface area contributed by atoms with Crippen LogP contribution in [0.2, 0.25) is 0 Å². The van der Waals surface area contributed by atoms with E-state index in [1.54, 1.807) is 18.2 Å². The van der Waals surface area contributed by atoms with Gasteiger partial charge in [0.25, 0.3) is 0 Å². The first-order valence-corrected chi connectivity index (χ1v) is 7.57. The van der Waals surface area contributed by atoms with Crippen LogP contribution >= 0.6 is 0 Å². The van der Waals surface area contributed by atoms with Gasteiger partial charge < -0.3 is 15.4 Å². The maximum atomic E-state index is 12.4. The molecule has 0 aliphatic rings. The van der Waals surface area contributed by atoms with Crippen molar-refractivity contribution in [1.29, 1.82) is 0 Å². The number of nitrogens with one attached hydrogen (secondary N) is 2. The third-order valence-corrected chi connectivity index (χ3v) is 2.95. The first kappa shape index (κ1) is 18.2. The molecule has 0 radical (unpaired) electrons. The average Bonchev–Trinajstić information content (AvgIpc) is 2.45. The van der Waals surface area contributed by atoms with E-state index >= 15 is 0 Å². The molecular formula is C16H25F2N3O. The van der Waals surface area contributed by atoms with Gasteiger partial charge >= 0.3 is 6.61 Å². The normalized spacial score (nSPS) is 11.9. The van der Waals surface area contributed by atoms with Gasteiger partial charge in [0.15, 0.2) is 5.96 Å². The standard InChI is InChI=1S/C16H25F2N3O/c1-4-19-16(20-10-9-12(2)3)21-11-13-7-5-6-8-14(13)22-15(17)18/h5-8,12,15H,4,9-11H2,1-3H3,(H2,19,20,21). The van der Waals surface area contributed by atoms with Gasteiger partial charge in [-0.3, -0.25) is 0 Å². The number of ether oxygens (including phenoxy) is 1. The number of para-hydroxylation sites is 1.